The number of hydrogen-bond donors (Lipinski definition) is 1. The number of rotatable bonds is 7. The Bertz CT molecular complexity index is 554. The van der Waals surface area contributed by atoms with Crippen LogP contribution in [0.15, 0.2) is 24.3 Å². The lowest BCUT2D eigenvalue weighted by Gasteiger charge is -2.18. The molecule has 0 aliphatic heterocycles. The summed E-state index contributed by atoms with van der Waals surface area (Å²) in [7, 11) is 1.59. The maximum absolute atomic E-state index is 12.5. The minimum absolute atomic E-state index is 0.0653. The van der Waals surface area contributed by atoms with Crippen LogP contribution in [0.25, 0.3) is 0 Å². The summed E-state index contributed by atoms with van der Waals surface area (Å²) in [4.78, 5) is 24.9. The summed E-state index contributed by atoms with van der Waals surface area (Å²) in [6.45, 7) is 3.96. The molecule has 0 spiro atoms. The number of alkyl halides is 3. The Hall–Kier alpha value is -2.05. The van der Waals surface area contributed by atoms with Crippen LogP contribution in [0.2, 0.25) is 0 Å². The average molecular weight is 344 g/mol. The van der Waals surface area contributed by atoms with Crippen LogP contribution >= 0.6 is 0 Å². The van der Waals surface area contributed by atoms with E-state index in [4.69, 9.17) is 0 Å². The van der Waals surface area contributed by atoms with E-state index in [2.05, 4.69) is 5.32 Å². The maximum Gasteiger partial charge on any atom is 0.416 e. The third-order valence-corrected chi connectivity index (χ3v) is 3.37. The molecule has 0 aromatic heterocycles. The number of benzene rings is 1. The van der Waals surface area contributed by atoms with Gasteiger partial charge in [0.2, 0.25) is 11.8 Å². The predicted octanol–water partition coefficient (Wildman–Crippen LogP) is 3.36. The number of nitrogens with zero attached hydrogens (tertiary/aromatic N) is 1. The van der Waals surface area contributed by atoms with Crippen LogP contribution in [0.4, 0.5) is 13.2 Å². The van der Waals surface area contributed by atoms with E-state index in [1.807, 2.05) is 13.8 Å². The highest BCUT2D eigenvalue weighted by molar-refractivity contribution is 5.78. The van der Waals surface area contributed by atoms with Crippen LogP contribution < -0.4 is 5.32 Å². The van der Waals surface area contributed by atoms with Crippen molar-refractivity contribution < 1.29 is 22.8 Å². The number of amides is 2. The Labute approximate surface area is 140 Å². The Balaban J connectivity index is 2.42. The molecule has 0 radical (unpaired) electrons. The van der Waals surface area contributed by atoms with Gasteiger partial charge in [-0.1, -0.05) is 12.1 Å². The van der Waals surface area contributed by atoms with Crippen molar-refractivity contribution in [1.82, 2.24) is 10.2 Å². The van der Waals surface area contributed by atoms with Crippen LogP contribution in [0, 0.1) is 0 Å². The smallest absolute Gasteiger partial charge is 0.354 e. The van der Waals surface area contributed by atoms with Crippen molar-refractivity contribution >= 4 is 11.8 Å². The van der Waals surface area contributed by atoms with E-state index in [0.29, 0.717) is 12.0 Å². The summed E-state index contributed by atoms with van der Waals surface area (Å²) in [5.41, 5.74) is -0.0900. The zero-order valence-electron chi connectivity index (χ0n) is 14.1. The third kappa shape index (κ3) is 7.02. The molecule has 0 saturated heterocycles. The maximum atomic E-state index is 12.5. The molecule has 0 saturated carbocycles. The first-order valence-electron chi connectivity index (χ1n) is 7.79. The molecule has 0 heterocycles. The van der Waals surface area contributed by atoms with E-state index in [-0.39, 0.29) is 37.2 Å². The highest BCUT2D eigenvalue weighted by atomic mass is 19.4. The van der Waals surface area contributed by atoms with E-state index in [9.17, 15) is 22.8 Å². The second-order valence-corrected chi connectivity index (χ2v) is 6.02. The van der Waals surface area contributed by atoms with Gasteiger partial charge < -0.3 is 10.2 Å². The van der Waals surface area contributed by atoms with E-state index < -0.39 is 11.7 Å². The zero-order valence-corrected chi connectivity index (χ0v) is 14.1. The molecule has 4 nitrogen and oxygen atoms in total. The van der Waals surface area contributed by atoms with Gasteiger partial charge in [-0.05, 0) is 38.0 Å². The fourth-order valence-corrected chi connectivity index (χ4v) is 2.15. The molecule has 0 unspecified atom stereocenters. The fraction of sp³-hybridized carbons (Fsp3) is 0.529. The van der Waals surface area contributed by atoms with Crippen molar-refractivity contribution in [2.75, 3.05) is 7.05 Å². The second kappa shape index (κ2) is 8.70. The lowest BCUT2D eigenvalue weighted by molar-refractivity contribution is -0.137. The van der Waals surface area contributed by atoms with Gasteiger partial charge in [-0.15, -0.1) is 0 Å². The number of carbonyl (C=O) groups excluding carboxylic acids is 2. The normalized spacial score (nSPS) is 11.5. The van der Waals surface area contributed by atoms with E-state index in [1.54, 1.807) is 7.05 Å². The Morgan fingerprint density at radius 1 is 1.12 bits per heavy atom. The molecule has 1 aromatic rings. The topological polar surface area (TPSA) is 49.4 Å². The van der Waals surface area contributed by atoms with Gasteiger partial charge in [0, 0.05) is 32.5 Å². The molecule has 0 bridgehead atoms. The van der Waals surface area contributed by atoms with Gasteiger partial charge in [0.15, 0.2) is 0 Å². The predicted molar refractivity (Wildman–Crippen MR) is 85.0 cm³/mol. The quantitative estimate of drug-likeness (QED) is 0.825. The lowest BCUT2D eigenvalue weighted by Crippen LogP contribution is -2.30. The molecular weight excluding hydrogens is 321 g/mol. The van der Waals surface area contributed by atoms with E-state index in [0.717, 1.165) is 12.1 Å². The number of nitrogens with one attached hydrogen (secondary N) is 1. The second-order valence-electron chi connectivity index (χ2n) is 6.02. The summed E-state index contributed by atoms with van der Waals surface area (Å²) in [6.07, 6.45) is -3.42. The van der Waals surface area contributed by atoms with Crippen molar-refractivity contribution in [1.29, 1.82) is 0 Å². The van der Waals surface area contributed by atoms with Crippen LogP contribution in [0.3, 0.4) is 0 Å². The Kier molecular flexibility index (Phi) is 7.25. The third-order valence-electron chi connectivity index (χ3n) is 3.37. The van der Waals surface area contributed by atoms with Gasteiger partial charge in [0.05, 0.1) is 5.56 Å². The van der Waals surface area contributed by atoms with Crippen molar-refractivity contribution in [2.45, 2.75) is 51.9 Å². The molecule has 1 aromatic carbocycles. The van der Waals surface area contributed by atoms with Crippen molar-refractivity contribution in [3.8, 4) is 0 Å². The summed E-state index contributed by atoms with van der Waals surface area (Å²) in [5.74, 6) is -0.240. The summed E-state index contributed by atoms with van der Waals surface area (Å²) in [6, 6.07) is 4.80. The van der Waals surface area contributed by atoms with E-state index in [1.165, 1.54) is 17.0 Å². The van der Waals surface area contributed by atoms with Gasteiger partial charge >= 0.3 is 6.18 Å². The van der Waals surface area contributed by atoms with Crippen molar-refractivity contribution in [2.24, 2.45) is 0 Å². The number of halogens is 3. The molecular formula is C17H23F3N2O2. The van der Waals surface area contributed by atoms with Crippen molar-refractivity contribution in [3.63, 3.8) is 0 Å². The van der Waals surface area contributed by atoms with Gasteiger partial charge in [-0.3, -0.25) is 9.59 Å². The molecule has 0 fully saturated rings. The van der Waals surface area contributed by atoms with Crippen LogP contribution in [-0.4, -0.2) is 29.8 Å². The van der Waals surface area contributed by atoms with Crippen LogP contribution in [0.1, 0.15) is 44.2 Å². The van der Waals surface area contributed by atoms with Gasteiger partial charge in [0.1, 0.15) is 0 Å². The monoisotopic (exact) mass is 344 g/mol. The lowest BCUT2D eigenvalue weighted by atomic mass is 10.1. The standard InChI is InChI=1S/C17H23F3N2O2/c1-12(2)21-15(23)5-4-6-16(24)22(3)11-13-7-9-14(10-8-13)17(18,19)20/h7-10,12H,4-6,11H2,1-3H3,(H,21,23). The minimum Gasteiger partial charge on any atom is -0.354 e. The molecule has 7 heteroatoms. The Morgan fingerprint density at radius 2 is 1.71 bits per heavy atom. The molecule has 0 aliphatic carbocycles. The zero-order chi connectivity index (χ0) is 18.3. The highest BCUT2D eigenvalue weighted by Crippen LogP contribution is 2.29. The molecule has 134 valence electrons. The average Bonchev–Trinajstić information content (AvgIpc) is 2.45. The fourth-order valence-electron chi connectivity index (χ4n) is 2.15. The van der Waals surface area contributed by atoms with Crippen molar-refractivity contribution in [3.05, 3.63) is 35.4 Å². The Morgan fingerprint density at radius 3 is 2.21 bits per heavy atom. The first-order valence-corrected chi connectivity index (χ1v) is 7.79. The molecule has 1 N–H and O–H groups in total. The van der Waals surface area contributed by atoms with Crippen LogP contribution in [0.5, 0.6) is 0 Å². The summed E-state index contributed by atoms with van der Waals surface area (Å²) < 4.78 is 37.5. The highest BCUT2D eigenvalue weighted by Gasteiger charge is 2.29. The molecule has 24 heavy (non-hydrogen) atoms. The van der Waals surface area contributed by atoms with Crippen LogP contribution in [-0.2, 0) is 22.3 Å². The minimum atomic E-state index is -4.36. The first-order chi connectivity index (χ1) is 11.1. The molecule has 0 atom stereocenters. The molecule has 2 amide bonds. The largest absolute Gasteiger partial charge is 0.416 e. The number of carbonyl (C=O) groups is 2. The first kappa shape index (κ1) is 20.0. The summed E-state index contributed by atoms with van der Waals surface area (Å²) in [5, 5.41) is 2.75. The molecule has 0 aliphatic rings. The summed E-state index contributed by atoms with van der Waals surface area (Å²) >= 11 is 0. The van der Waals surface area contributed by atoms with Gasteiger partial charge in [0.25, 0.3) is 0 Å². The number of hydrogen-bond acceptors (Lipinski definition) is 2. The van der Waals surface area contributed by atoms with E-state index >= 15 is 0 Å². The molecule has 1 rings (SSSR count). The SMILES string of the molecule is CC(C)NC(=O)CCCC(=O)N(C)Cc1ccc(C(F)(F)F)cc1. The van der Waals surface area contributed by atoms with Gasteiger partial charge in [-0.25, -0.2) is 0 Å². The van der Waals surface area contributed by atoms with Gasteiger partial charge in [-0.2, -0.15) is 13.2 Å².